The number of thiophene rings is 1. The Morgan fingerprint density at radius 2 is 2.38 bits per heavy atom. The predicted octanol–water partition coefficient (Wildman–Crippen LogP) is 2.44. The van der Waals surface area contributed by atoms with Gasteiger partial charge in [0.2, 0.25) is 0 Å². The van der Waals surface area contributed by atoms with E-state index < -0.39 is 5.97 Å². The molecule has 2 heterocycles. The number of H-pyrrole nitrogens is 1. The van der Waals surface area contributed by atoms with Gasteiger partial charge in [-0.3, -0.25) is 0 Å². The zero-order valence-electron chi connectivity index (χ0n) is 6.65. The highest BCUT2D eigenvalue weighted by Crippen LogP contribution is 2.24. The summed E-state index contributed by atoms with van der Waals surface area (Å²) in [5, 5.41) is 10.6. The molecule has 0 amide bonds. The summed E-state index contributed by atoms with van der Waals surface area (Å²) in [6.07, 6.45) is 1.70. The molecule has 13 heavy (non-hydrogen) atoms. The first-order valence-corrected chi connectivity index (χ1v) is 4.61. The average Bonchev–Trinajstić information content (AvgIpc) is 2.75. The maximum absolute atomic E-state index is 10.6. The number of nitrogens with one attached hydrogen (secondary N) is 1. The lowest BCUT2D eigenvalue weighted by Crippen LogP contribution is -1.94. The van der Waals surface area contributed by atoms with E-state index in [4.69, 9.17) is 5.11 Å². The van der Waals surface area contributed by atoms with E-state index in [0.29, 0.717) is 0 Å². The number of aromatic nitrogens is 1. The molecule has 0 aliphatic heterocycles. The van der Waals surface area contributed by atoms with E-state index >= 15 is 0 Å². The molecule has 0 atom stereocenters. The highest BCUT2D eigenvalue weighted by molar-refractivity contribution is 7.13. The molecule has 0 aliphatic carbocycles. The Balaban J connectivity index is 2.39. The van der Waals surface area contributed by atoms with Crippen LogP contribution in [0.5, 0.6) is 0 Å². The summed E-state index contributed by atoms with van der Waals surface area (Å²) in [4.78, 5) is 14.3. The van der Waals surface area contributed by atoms with Crippen LogP contribution in [0.1, 0.15) is 10.5 Å². The number of hydrogen-bond acceptors (Lipinski definition) is 2. The number of aromatic amines is 1. The van der Waals surface area contributed by atoms with Crippen molar-refractivity contribution in [3.05, 3.63) is 35.5 Å². The van der Waals surface area contributed by atoms with Gasteiger partial charge in [-0.15, -0.1) is 11.3 Å². The lowest BCUT2D eigenvalue weighted by atomic mass is 10.2. The lowest BCUT2D eigenvalue weighted by molar-refractivity contribution is 0.0691. The van der Waals surface area contributed by atoms with E-state index in [1.807, 2.05) is 17.5 Å². The molecule has 0 unspecified atom stereocenters. The van der Waals surface area contributed by atoms with Crippen molar-refractivity contribution in [1.29, 1.82) is 0 Å². The molecule has 0 spiro atoms. The number of aromatic carboxylic acids is 1. The molecule has 2 rings (SSSR count). The largest absolute Gasteiger partial charge is 0.477 e. The third-order valence-electron chi connectivity index (χ3n) is 1.72. The van der Waals surface area contributed by atoms with Crippen LogP contribution in [-0.4, -0.2) is 16.1 Å². The SMILES string of the molecule is O=C(O)c1cc(-c2cccs2)c[nH]1. The van der Waals surface area contributed by atoms with Gasteiger partial charge in [-0.25, -0.2) is 4.79 Å². The second-order valence-electron chi connectivity index (χ2n) is 2.58. The van der Waals surface area contributed by atoms with Crippen molar-refractivity contribution >= 4 is 17.3 Å². The highest BCUT2D eigenvalue weighted by atomic mass is 32.1. The van der Waals surface area contributed by atoms with Crippen LogP contribution in [0, 0.1) is 0 Å². The number of carbonyl (C=O) groups is 1. The van der Waals surface area contributed by atoms with Crippen molar-refractivity contribution in [1.82, 2.24) is 4.98 Å². The first-order chi connectivity index (χ1) is 6.27. The lowest BCUT2D eigenvalue weighted by Gasteiger charge is -1.86. The molecule has 0 bridgehead atoms. The molecule has 0 aromatic carbocycles. The predicted molar refractivity (Wildman–Crippen MR) is 51.1 cm³/mol. The van der Waals surface area contributed by atoms with Gasteiger partial charge in [-0.2, -0.15) is 0 Å². The molecule has 0 saturated heterocycles. The Labute approximate surface area is 78.7 Å². The van der Waals surface area contributed by atoms with E-state index in [1.54, 1.807) is 23.6 Å². The number of carboxylic acid groups (broad SMARTS) is 1. The van der Waals surface area contributed by atoms with Crippen LogP contribution in [0.15, 0.2) is 29.8 Å². The van der Waals surface area contributed by atoms with Crippen LogP contribution in [-0.2, 0) is 0 Å². The topological polar surface area (TPSA) is 53.1 Å². The minimum absolute atomic E-state index is 0.225. The summed E-state index contributed by atoms with van der Waals surface area (Å²) in [7, 11) is 0. The van der Waals surface area contributed by atoms with E-state index in [2.05, 4.69) is 4.98 Å². The Morgan fingerprint density at radius 3 is 2.92 bits per heavy atom. The summed E-state index contributed by atoms with van der Waals surface area (Å²) in [6.45, 7) is 0. The van der Waals surface area contributed by atoms with Gasteiger partial charge >= 0.3 is 5.97 Å². The van der Waals surface area contributed by atoms with E-state index in [9.17, 15) is 4.79 Å². The van der Waals surface area contributed by atoms with Gasteiger partial charge in [-0.05, 0) is 17.5 Å². The standard InChI is InChI=1S/C9H7NO2S/c11-9(12)7-4-6(5-10-7)8-2-1-3-13-8/h1-5,10H,(H,11,12). The quantitative estimate of drug-likeness (QED) is 0.769. The molecule has 2 aromatic heterocycles. The minimum atomic E-state index is -0.928. The van der Waals surface area contributed by atoms with Crippen LogP contribution < -0.4 is 0 Å². The number of carboxylic acids is 1. The minimum Gasteiger partial charge on any atom is -0.477 e. The Morgan fingerprint density at radius 1 is 1.54 bits per heavy atom. The summed E-state index contributed by atoms with van der Waals surface area (Å²) < 4.78 is 0. The molecule has 2 N–H and O–H groups in total. The maximum Gasteiger partial charge on any atom is 0.352 e. The van der Waals surface area contributed by atoms with Gasteiger partial charge in [-0.1, -0.05) is 6.07 Å². The Hall–Kier alpha value is -1.55. The van der Waals surface area contributed by atoms with Crippen LogP contribution in [0.25, 0.3) is 10.4 Å². The van der Waals surface area contributed by atoms with Crippen molar-refractivity contribution in [2.45, 2.75) is 0 Å². The summed E-state index contributed by atoms with van der Waals surface area (Å²) in [6, 6.07) is 5.53. The molecule has 3 nitrogen and oxygen atoms in total. The Kier molecular flexibility index (Phi) is 1.90. The van der Waals surface area contributed by atoms with Crippen LogP contribution >= 0.6 is 11.3 Å². The average molecular weight is 193 g/mol. The second kappa shape index (κ2) is 3.06. The van der Waals surface area contributed by atoms with Crippen molar-refractivity contribution in [3.8, 4) is 10.4 Å². The zero-order valence-corrected chi connectivity index (χ0v) is 7.47. The van der Waals surface area contributed by atoms with Gasteiger partial charge in [0.15, 0.2) is 0 Å². The first-order valence-electron chi connectivity index (χ1n) is 3.73. The van der Waals surface area contributed by atoms with Crippen LogP contribution in [0.4, 0.5) is 0 Å². The summed E-state index contributed by atoms with van der Waals surface area (Å²) in [5.74, 6) is -0.928. The molecule has 0 aliphatic rings. The Bertz CT molecular complexity index is 417. The molecular weight excluding hydrogens is 186 g/mol. The van der Waals surface area contributed by atoms with E-state index in [1.165, 1.54) is 0 Å². The smallest absolute Gasteiger partial charge is 0.352 e. The van der Waals surface area contributed by atoms with Crippen LogP contribution in [0.2, 0.25) is 0 Å². The van der Waals surface area contributed by atoms with Gasteiger partial charge in [0, 0.05) is 16.6 Å². The van der Waals surface area contributed by atoms with Gasteiger partial charge in [0.05, 0.1) is 0 Å². The molecule has 4 heteroatoms. The fourth-order valence-electron chi connectivity index (χ4n) is 1.10. The molecule has 0 radical (unpaired) electrons. The van der Waals surface area contributed by atoms with Crippen molar-refractivity contribution in [2.75, 3.05) is 0 Å². The highest BCUT2D eigenvalue weighted by Gasteiger charge is 2.07. The van der Waals surface area contributed by atoms with Crippen molar-refractivity contribution < 1.29 is 9.90 Å². The third-order valence-corrected chi connectivity index (χ3v) is 2.64. The van der Waals surface area contributed by atoms with Gasteiger partial charge in [0.25, 0.3) is 0 Å². The summed E-state index contributed by atoms with van der Waals surface area (Å²) >= 11 is 1.59. The molecular formula is C9H7NO2S. The number of rotatable bonds is 2. The third kappa shape index (κ3) is 1.48. The fourth-order valence-corrected chi connectivity index (χ4v) is 1.82. The molecule has 0 fully saturated rings. The second-order valence-corrected chi connectivity index (χ2v) is 3.53. The van der Waals surface area contributed by atoms with Gasteiger partial charge in [0.1, 0.15) is 5.69 Å². The zero-order chi connectivity index (χ0) is 9.26. The van der Waals surface area contributed by atoms with E-state index in [-0.39, 0.29) is 5.69 Å². The van der Waals surface area contributed by atoms with Crippen LogP contribution in [0.3, 0.4) is 0 Å². The van der Waals surface area contributed by atoms with Crippen molar-refractivity contribution in [3.63, 3.8) is 0 Å². The normalized spacial score (nSPS) is 10.2. The fraction of sp³-hybridized carbons (Fsp3) is 0. The summed E-state index contributed by atoms with van der Waals surface area (Å²) in [5.41, 5.74) is 1.15. The van der Waals surface area contributed by atoms with Gasteiger partial charge < -0.3 is 10.1 Å². The molecule has 2 aromatic rings. The molecule has 0 saturated carbocycles. The van der Waals surface area contributed by atoms with E-state index in [0.717, 1.165) is 10.4 Å². The maximum atomic E-state index is 10.6. The molecule has 66 valence electrons. The van der Waals surface area contributed by atoms with Crippen molar-refractivity contribution in [2.24, 2.45) is 0 Å². The number of hydrogen-bond donors (Lipinski definition) is 2. The monoisotopic (exact) mass is 193 g/mol. The first kappa shape index (κ1) is 8.07.